The molecule has 0 aromatic heterocycles. The molecule has 208 valence electrons. The van der Waals surface area contributed by atoms with Crippen molar-refractivity contribution in [3.8, 4) is 0 Å². The van der Waals surface area contributed by atoms with Crippen LogP contribution in [0, 0.1) is 34.5 Å². The second-order valence-corrected chi connectivity index (χ2v) is 13.4. The van der Waals surface area contributed by atoms with Crippen LogP contribution in [0.5, 0.6) is 0 Å². The highest BCUT2D eigenvalue weighted by molar-refractivity contribution is 5.85. The molecule has 0 spiro atoms. The molecule has 6 aliphatic rings. The monoisotopic (exact) mass is 520 g/mol. The van der Waals surface area contributed by atoms with Crippen molar-refractivity contribution in [3.05, 3.63) is 11.6 Å². The SMILES string of the molecule is CC12CCC(OC3CC(O)C(O)C(CO)O3)CC1CCC1C2CCC2(C)C(C3=CC(=O)OC3)CCC12O. The van der Waals surface area contributed by atoms with Crippen molar-refractivity contribution < 1.29 is 39.4 Å². The Bertz CT molecular complexity index is 937. The normalized spacial score (nSPS) is 53.6. The van der Waals surface area contributed by atoms with Crippen LogP contribution in [0.2, 0.25) is 0 Å². The summed E-state index contributed by atoms with van der Waals surface area (Å²) < 4.78 is 17.3. The third-order valence-electron chi connectivity index (χ3n) is 12.0. The summed E-state index contributed by atoms with van der Waals surface area (Å²) in [5.74, 6) is 1.23. The van der Waals surface area contributed by atoms with Crippen molar-refractivity contribution in [1.29, 1.82) is 0 Å². The van der Waals surface area contributed by atoms with Crippen LogP contribution < -0.4 is 0 Å². The summed E-state index contributed by atoms with van der Waals surface area (Å²) in [5.41, 5.74) is 0.302. The predicted octanol–water partition coefficient (Wildman–Crippen LogP) is 2.46. The van der Waals surface area contributed by atoms with Gasteiger partial charge >= 0.3 is 5.97 Å². The molecule has 8 heteroatoms. The van der Waals surface area contributed by atoms with Gasteiger partial charge in [-0.2, -0.15) is 0 Å². The van der Waals surface area contributed by atoms with Crippen molar-refractivity contribution in [2.45, 2.75) is 114 Å². The van der Waals surface area contributed by atoms with Gasteiger partial charge in [0.05, 0.1) is 24.4 Å². The molecule has 4 N–H and O–H groups in total. The molecule has 5 fully saturated rings. The molecule has 12 atom stereocenters. The van der Waals surface area contributed by atoms with Gasteiger partial charge in [0, 0.05) is 17.9 Å². The summed E-state index contributed by atoms with van der Waals surface area (Å²) in [5, 5.41) is 42.1. The molecule has 0 radical (unpaired) electrons. The van der Waals surface area contributed by atoms with E-state index in [0.717, 1.165) is 63.4 Å². The van der Waals surface area contributed by atoms with Crippen LogP contribution in [0.25, 0.3) is 0 Å². The number of cyclic esters (lactones) is 1. The quantitative estimate of drug-likeness (QED) is 0.329. The predicted molar refractivity (Wildman–Crippen MR) is 133 cm³/mol. The third-order valence-corrected chi connectivity index (χ3v) is 12.0. The van der Waals surface area contributed by atoms with E-state index in [1.165, 1.54) is 0 Å². The van der Waals surface area contributed by atoms with Crippen molar-refractivity contribution in [2.24, 2.45) is 34.5 Å². The first-order valence-electron chi connectivity index (χ1n) is 14.5. The number of rotatable bonds is 4. The van der Waals surface area contributed by atoms with Gasteiger partial charge in [-0.15, -0.1) is 0 Å². The number of ether oxygens (including phenoxy) is 3. The summed E-state index contributed by atoms with van der Waals surface area (Å²) in [6.07, 6.45) is 7.18. The highest BCUT2D eigenvalue weighted by atomic mass is 16.7. The summed E-state index contributed by atoms with van der Waals surface area (Å²) in [6, 6.07) is 0. The average Bonchev–Trinajstić information content (AvgIpc) is 3.41. The van der Waals surface area contributed by atoms with Gasteiger partial charge in [0.15, 0.2) is 6.29 Å². The Balaban J connectivity index is 1.15. The Morgan fingerprint density at radius 2 is 1.84 bits per heavy atom. The fourth-order valence-corrected chi connectivity index (χ4v) is 9.86. The number of fused-ring (bicyclic) bond motifs is 5. The Hall–Kier alpha value is -1.03. The summed E-state index contributed by atoms with van der Waals surface area (Å²) >= 11 is 0. The average molecular weight is 521 g/mol. The molecule has 6 rings (SSSR count). The molecule has 8 nitrogen and oxygen atoms in total. The summed E-state index contributed by atoms with van der Waals surface area (Å²) in [6.45, 7) is 4.73. The van der Waals surface area contributed by atoms with Crippen LogP contribution >= 0.6 is 0 Å². The lowest BCUT2D eigenvalue weighted by molar-refractivity contribution is -0.278. The number of esters is 1. The third kappa shape index (κ3) is 3.96. The first-order valence-corrected chi connectivity index (χ1v) is 14.5. The molecular formula is C29H44O8. The van der Waals surface area contributed by atoms with Gasteiger partial charge in [-0.1, -0.05) is 13.8 Å². The number of carbonyl (C=O) groups excluding carboxylic acids is 1. The second-order valence-electron chi connectivity index (χ2n) is 13.4. The van der Waals surface area contributed by atoms with E-state index in [-0.39, 0.29) is 47.8 Å². The molecule has 1 saturated heterocycles. The van der Waals surface area contributed by atoms with E-state index in [2.05, 4.69) is 13.8 Å². The minimum absolute atomic E-state index is 0.0288. The van der Waals surface area contributed by atoms with E-state index in [4.69, 9.17) is 14.2 Å². The van der Waals surface area contributed by atoms with Crippen LogP contribution in [0.15, 0.2) is 11.6 Å². The fraction of sp³-hybridized carbons (Fsp3) is 0.897. The first kappa shape index (κ1) is 26.2. The second kappa shape index (κ2) is 9.27. The number of hydrogen-bond acceptors (Lipinski definition) is 8. The Morgan fingerprint density at radius 3 is 2.57 bits per heavy atom. The van der Waals surface area contributed by atoms with Gasteiger partial charge < -0.3 is 34.6 Å². The summed E-state index contributed by atoms with van der Waals surface area (Å²) in [4.78, 5) is 11.8. The van der Waals surface area contributed by atoms with Crippen LogP contribution in [-0.4, -0.2) is 75.9 Å². The number of aliphatic hydroxyl groups excluding tert-OH is 3. The number of carbonyl (C=O) groups is 1. The fourth-order valence-electron chi connectivity index (χ4n) is 9.86. The minimum Gasteiger partial charge on any atom is -0.458 e. The zero-order chi connectivity index (χ0) is 26.2. The van der Waals surface area contributed by atoms with Crippen molar-refractivity contribution in [2.75, 3.05) is 13.2 Å². The maximum atomic E-state index is 12.4. The Labute approximate surface area is 219 Å². The number of aliphatic hydroxyl groups is 4. The molecule has 2 heterocycles. The lowest BCUT2D eigenvalue weighted by atomic mass is 9.43. The van der Waals surface area contributed by atoms with Gasteiger partial charge in [0.25, 0.3) is 0 Å². The zero-order valence-corrected chi connectivity index (χ0v) is 22.2. The largest absolute Gasteiger partial charge is 0.458 e. The van der Waals surface area contributed by atoms with Gasteiger partial charge in [-0.25, -0.2) is 4.79 Å². The van der Waals surface area contributed by atoms with Crippen LogP contribution in [-0.2, 0) is 19.0 Å². The first-order chi connectivity index (χ1) is 17.6. The standard InChI is InChI=1S/C29H44O8/c1-27-8-5-18(36-25-13-22(31)26(33)23(14-30)37-25)12-17(27)3-4-21-20(27)6-9-28(2)19(7-10-29(21,28)34)16-11-24(32)35-15-16/h11,17-23,25-26,30-31,33-34H,3-10,12-15H2,1-2H3. The van der Waals surface area contributed by atoms with Crippen molar-refractivity contribution in [1.82, 2.24) is 0 Å². The van der Waals surface area contributed by atoms with E-state index in [0.29, 0.717) is 18.4 Å². The van der Waals surface area contributed by atoms with Crippen LogP contribution in [0.3, 0.4) is 0 Å². The van der Waals surface area contributed by atoms with E-state index >= 15 is 0 Å². The van der Waals surface area contributed by atoms with Gasteiger partial charge in [0.1, 0.15) is 18.8 Å². The molecule has 12 unspecified atom stereocenters. The maximum absolute atomic E-state index is 12.4. The zero-order valence-electron chi connectivity index (χ0n) is 22.2. The van der Waals surface area contributed by atoms with Gasteiger partial charge in [-0.05, 0) is 92.4 Å². The molecule has 0 bridgehead atoms. The Morgan fingerprint density at radius 1 is 1.03 bits per heavy atom. The molecule has 37 heavy (non-hydrogen) atoms. The lowest BCUT2D eigenvalue weighted by Gasteiger charge is -2.64. The Kier molecular flexibility index (Phi) is 6.57. The molecule has 0 aromatic rings. The molecular weight excluding hydrogens is 476 g/mol. The van der Waals surface area contributed by atoms with E-state index in [1.807, 2.05) is 0 Å². The van der Waals surface area contributed by atoms with Crippen molar-refractivity contribution >= 4 is 5.97 Å². The van der Waals surface area contributed by atoms with Gasteiger partial charge in [-0.3, -0.25) is 0 Å². The van der Waals surface area contributed by atoms with E-state index < -0.39 is 30.2 Å². The van der Waals surface area contributed by atoms with Crippen LogP contribution in [0.4, 0.5) is 0 Å². The van der Waals surface area contributed by atoms with E-state index in [1.54, 1.807) is 6.08 Å². The molecule has 4 saturated carbocycles. The van der Waals surface area contributed by atoms with Crippen LogP contribution in [0.1, 0.15) is 78.1 Å². The number of hydrogen-bond donors (Lipinski definition) is 4. The van der Waals surface area contributed by atoms with E-state index in [9.17, 15) is 25.2 Å². The minimum atomic E-state index is -1.09. The highest BCUT2D eigenvalue weighted by Gasteiger charge is 2.67. The maximum Gasteiger partial charge on any atom is 0.331 e. The molecule has 0 aromatic carbocycles. The smallest absolute Gasteiger partial charge is 0.331 e. The highest BCUT2D eigenvalue weighted by Crippen LogP contribution is 2.70. The van der Waals surface area contributed by atoms with Crippen molar-refractivity contribution in [3.63, 3.8) is 0 Å². The lowest BCUT2D eigenvalue weighted by Crippen LogP contribution is -2.62. The molecule has 0 amide bonds. The topological polar surface area (TPSA) is 126 Å². The summed E-state index contributed by atoms with van der Waals surface area (Å²) in [7, 11) is 0. The molecule has 2 aliphatic heterocycles. The molecule has 4 aliphatic carbocycles. The van der Waals surface area contributed by atoms with Gasteiger partial charge in [0.2, 0.25) is 0 Å².